The van der Waals surface area contributed by atoms with Gasteiger partial charge in [-0.05, 0) is 84.7 Å². The first-order valence-electron chi connectivity index (χ1n) is 9.95. The molecular weight excluding hydrogens is 400 g/mol. The quantitative estimate of drug-likeness (QED) is 0.532. The van der Waals surface area contributed by atoms with Crippen LogP contribution in [0.4, 0.5) is 11.4 Å². The first-order valence-corrected chi connectivity index (χ1v) is 11.2. The first-order chi connectivity index (χ1) is 14.0. The molecular formula is C24H25ClN2OS. The van der Waals surface area contributed by atoms with Crippen LogP contribution in [-0.4, -0.2) is 12.5 Å². The minimum Gasteiger partial charge on any atom is -0.367 e. The Bertz CT molecular complexity index is 1000. The number of halogens is 1. The lowest BCUT2D eigenvalue weighted by atomic mass is 10.0. The van der Waals surface area contributed by atoms with Gasteiger partial charge in [-0.2, -0.15) is 0 Å². The standard InChI is InChI=1S/C24H25ClN2OS/c1-16-13-21(27-11-9-22-19(15-27)10-12-29-22)14-17(2)24(16)26-23(28)8-5-18-3-6-20(25)7-4-18/h3-4,6-7,10,12-14H,5,8-9,11,15H2,1-2H3,(H,26,28). The SMILES string of the molecule is Cc1cc(N2CCc3sccc3C2)cc(C)c1NC(=O)CCc1ccc(Cl)cc1. The second kappa shape index (κ2) is 8.60. The summed E-state index contributed by atoms with van der Waals surface area (Å²) in [7, 11) is 0. The number of thiophene rings is 1. The number of carbonyl (C=O) groups excluding carboxylic acids is 1. The van der Waals surface area contributed by atoms with Crippen molar-refractivity contribution in [3.63, 3.8) is 0 Å². The van der Waals surface area contributed by atoms with Crippen LogP contribution in [0.15, 0.2) is 47.8 Å². The highest BCUT2D eigenvalue weighted by Crippen LogP contribution is 2.32. The lowest BCUT2D eigenvalue weighted by Crippen LogP contribution is -2.29. The molecule has 150 valence electrons. The van der Waals surface area contributed by atoms with Gasteiger partial charge < -0.3 is 10.2 Å². The topological polar surface area (TPSA) is 32.3 Å². The summed E-state index contributed by atoms with van der Waals surface area (Å²) >= 11 is 7.78. The lowest BCUT2D eigenvalue weighted by Gasteiger charge is -2.30. The first kappa shape index (κ1) is 20.0. The second-order valence-corrected chi connectivity index (χ2v) is 9.11. The van der Waals surface area contributed by atoms with Gasteiger partial charge in [-0.1, -0.05) is 23.7 Å². The van der Waals surface area contributed by atoms with E-state index in [2.05, 4.69) is 47.6 Å². The maximum Gasteiger partial charge on any atom is 0.224 e. The smallest absolute Gasteiger partial charge is 0.224 e. The van der Waals surface area contributed by atoms with E-state index in [-0.39, 0.29) is 5.91 Å². The summed E-state index contributed by atoms with van der Waals surface area (Å²) in [6.45, 7) is 6.15. The molecule has 2 heterocycles. The molecule has 0 radical (unpaired) electrons. The fourth-order valence-electron chi connectivity index (χ4n) is 3.90. The minimum absolute atomic E-state index is 0.0415. The van der Waals surface area contributed by atoms with Gasteiger partial charge in [-0.15, -0.1) is 11.3 Å². The number of rotatable bonds is 5. The third-order valence-electron chi connectivity index (χ3n) is 5.51. The van der Waals surface area contributed by atoms with E-state index in [0.29, 0.717) is 17.9 Å². The van der Waals surface area contributed by atoms with Crippen LogP contribution in [0.5, 0.6) is 0 Å². The van der Waals surface area contributed by atoms with Crippen molar-refractivity contribution < 1.29 is 4.79 Å². The highest BCUT2D eigenvalue weighted by molar-refractivity contribution is 7.10. The zero-order valence-corrected chi connectivity index (χ0v) is 18.4. The molecule has 1 aliphatic heterocycles. The van der Waals surface area contributed by atoms with Gasteiger partial charge in [0.25, 0.3) is 0 Å². The Morgan fingerprint density at radius 2 is 1.86 bits per heavy atom. The molecule has 0 aliphatic carbocycles. The average Bonchev–Trinajstić information content (AvgIpc) is 3.18. The molecule has 4 rings (SSSR count). The van der Waals surface area contributed by atoms with E-state index < -0.39 is 0 Å². The van der Waals surface area contributed by atoms with E-state index in [1.165, 1.54) is 16.1 Å². The molecule has 0 atom stereocenters. The molecule has 1 amide bonds. The van der Waals surface area contributed by atoms with Gasteiger partial charge in [0.15, 0.2) is 0 Å². The average molecular weight is 425 g/mol. The summed E-state index contributed by atoms with van der Waals surface area (Å²) in [5, 5.41) is 6.02. The summed E-state index contributed by atoms with van der Waals surface area (Å²) in [5.41, 5.74) is 6.94. The van der Waals surface area contributed by atoms with Gasteiger partial charge in [0.2, 0.25) is 5.91 Å². The molecule has 2 aromatic carbocycles. The van der Waals surface area contributed by atoms with E-state index in [1.54, 1.807) is 0 Å². The number of anilines is 2. The maximum absolute atomic E-state index is 12.5. The molecule has 1 N–H and O–H groups in total. The van der Waals surface area contributed by atoms with E-state index in [1.807, 2.05) is 35.6 Å². The van der Waals surface area contributed by atoms with Gasteiger partial charge in [-0.25, -0.2) is 0 Å². The Morgan fingerprint density at radius 3 is 2.59 bits per heavy atom. The van der Waals surface area contributed by atoms with Crippen molar-refractivity contribution in [3.8, 4) is 0 Å². The van der Waals surface area contributed by atoms with Crippen molar-refractivity contribution in [3.05, 3.63) is 80.0 Å². The third kappa shape index (κ3) is 4.65. The summed E-state index contributed by atoms with van der Waals surface area (Å²) in [6, 6.07) is 14.3. The van der Waals surface area contributed by atoms with Gasteiger partial charge in [-0.3, -0.25) is 4.79 Å². The molecule has 0 saturated carbocycles. The van der Waals surface area contributed by atoms with E-state index >= 15 is 0 Å². The summed E-state index contributed by atoms with van der Waals surface area (Å²) in [5.74, 6) is 0.0415. The number of benzene rings is 2. The molecule has 29 heavy (non-hydrogen) atoms. The van der Waals surface area contributed by atoms with Crippen LogP contribution >= 0.6 is 22.9 Å². The van der Waals surface area contributed by atoms with Crippen molar-refractivity contribution in [2.24, 2.45) is 0 Å². The van der Waals surface area contributed by atoms with Gasteiger partial charge >= 0.3 is 0 Å². The van der Waals surface area contributed by atoms with Gasteiger partial charge in [0.05, 0.1) is 0 Å². The van der Waals surface area contributed by atoms with Crippen molar-refractivity contribution in [2.45, 2.75) is 39.7 Å². The van der Waals surface area contributed by atoms with Crippen LogP contribution in [0.3, 0.4) is 0 Å². The van der Waals surface area contributed by atoms with Crippen LogP contribution in [0.25, 0.3) is 0 Å². The van der Waals surface area contributed by atoms with Gasteiger partial charge in [0.1, 0.15) is 0 Å². The Kier molecular flexibility index (Phi) is 5.93. The number of aryl methyl sites for hydroxylation is 3. The number of nitrogens with zero attached hydrogens (tertiary/aromatic N) is 1. The molecule has 0 saturated heterocycles. The highest BCUT2D eigenvalue weighted by Gasteiger charge is 2.19. The van der Waals surface area contributed by atoms with Crippen LogP contribution in [-0.2, 0) is 24.2 Å². The maximum atomic E-state index is 12.5. The minimum atomic E-state index is 0.0415. The largest absolute Gasteiger partial charge is 0.367 e. The number of hydrogen-bond acceptors (Lipinski definition) is 3. The van der Waals surface area contributed by atoms with E-state index in [9.17, 15) is 4.79 Å². The number of hydrogen-bond donors (Lipinski definition) is 1. The second-order valence-electron chi connectivity index (χ2n) is 7.67. The highest BCUT2D eigenvalue weighted by atomic mass is 35.5. The molecule has 0 bridgehead atoms. The van der Waals surface area contributed by atoms with Crippen molar-refractivity contribution >= 4 is 40.2 Å². The lowest BCUT2D eigenvalue weighted by molar-refractivity contribution is -0.116. The zero-order valence-electron chi connectivity index (χ0n) is 16.8. The molecule has 1 aromatic heterocycles. The third-order valence-corrected chi connectivity index (χ3v) is 6.78. The predicted octanol–water partition coefficient (Wildman–Crippen LogP) is 6.15. The van der Waals surface area contributed by atoms with Crippen LogP contribution < -0.4 is 10.2 Å². The number of fused-ring (bicyclic) bond motifs is 1. The zero-order chi connectivity index (χ0) is 20.4. The molecule has 0 spiro atoms. The van der Waals surface area contributed by atoms with Crippen molar-refractivity contribution in [1.29, 1.82) is 0 Å². The van der Waals surface area contributed by atoms with Crippen LogP contribution in [0.1, 0.15) is 33.6 Å². The number of nitrogens with one attached hydrogen (secondary N) is 1. The Labute approximate surface area is 181 Å². The normalized spacial score (nSPS) is 13.3. The molecule has 3 nitrogen and oxygen atoms in total. The van der Waals surface area contributed by atoms with Gasteiger partial charge in [0, 0.05) is 40.8 Å². The van der Waals surface area contributed by atoms with Crippen molar-refractivity contribution in [1.82, 2.24) is 0 Å². The number of carbonyl (C=O) groups is 1. The number of amides is 1. The van der Waals surface area contributed by atoms with Crippen LogP contribution in [0, 0.1) is 13.8 Å². The van der Waals surface area contributed by atoms with Crippen LogP contribution in [0.2, 0.25) is 5.02 Å². The van der Waals surface area contributed by atoms with E-state index in [0.717, 1.165) is 41.9 Å². The molecule has 5 heteroatoms. The summed E-state index contributed by atoms with van der Waals surface area (Å²) in [4.78, 5) is 16.4. The molecule has 3 aromatic rings. The molecule has 1 aliphatic rings. The summed E-state index contributed by atoms with van der Waals surface area (Å²) in [6.07, 6.45) is 2.26. The fourth-order valence-corrected chi connectivity index (χ4v) is 4.92. The Hall–Kier alpha value is -2.30. The molecule has 0 unspecified atom stereocenters. The summed E-state index contributed by atoms with van der Waals surface area (Å²) < 4.78 is 0. The van der Waals surface area contributed by atoms with E-state index in [4.69, 9.17) is 11.6 Å². The monoisotopic (exact) mass is 424 g/mol. The van der Waals surface area contributed by atoms with Crippen molar-refractivity contribution in [2.75, 3.05) is 16.8 Å². The Balaban J connectivity index is 1.42. The predicted molar refractivity (Wildman–Crippen MR) is 123 cm³/mol. The molecule has 0 fully saturated rings. The Morgan fingerprint density at radius 1 is 1.14 bits per heavy atom. The fraction of sp³-hybridized carbons (Fsp3) is 0.292.